The van der Waals surface area contributed by atoms with E-state index in [1.807, 2.05) is 29.0 Å². The lowest BCUT2D eigenvalue weighted by molar-refractivity contribution is 0.246. The molecule has 2 amide bonds. The largest absolute Gasteiger partial charge is 0.337 e. The lowest BCUT2D eigenvalue weighted by atomic mass is 10.1. The monoisotopic (exact) mass is 505 g/mol. The van der Waals surface area contributed by atoms with E-state index in [2.05, 4.69) is 42.8 Å². The molecule has 0 aliphatic rings. The smallest absolute Gasteiger partial charge is 0.328 e. The van der Waals surface area contributed by atoms with Gasteiger partial charge >= 0.3 is 6.03 Å². The first-order valence-corrected chi connectivity index (χ1v) is 13.4. The zero-order chi connectivity index (χ0) is 25.9. The topological polar surface area (TPSA) is 119 Å². The molecule has 0 saturated heterocycles. The maximum atomic E-state index is 12.4. The van der Waals surface area contributed by atoms with Gasteiger partial charge in [0.05, 0.1) is 15.9 Å². The van der Waals surface area contributed by atoms with Crippen LogP contribution < -0.4 is 15.8 Å². The SMILES string of the molecule is CCc1nc2cc(C)c(C)cc2n1-c1ccc(CCNC(=O)NS(=O)(=O)c2ccc(CN)cc2)cc1. The van der Waals surface area contributed by atoms with Crippen LogP contribution in [0.3, 0.4) is 0 Å². The molecule has 0 unspecified atom stereocenters. The summed E-state index contributed by atoms with van der Waals surface area (Å²) in [6, 6.07) is 17.7. The molecule has 0 fully saturated rings. The molecule has 4 aromatic rings. The number of hydrogen-bond donors (Lipinski definition) is 3. The molecule has 0 bridgehead atoms. The molecule has 9 heteroatoms. The van der Waals surface area contributed by atoms with Gasteiger partial charge in [-0.2, -0.15) is 0 Å². The van der Waals surface area contributed by atoms with Crippen molar-refractivity contribution in [1.29, 1.82) is 0 Å². The summed E-state index contributed by atoms with van der Waals surface area (Å²) in [5, 5.41) is 2.61. The van der Waals surface area contributed by atoms with Crippen molar-refractivity contribution in [2.24, 2.45) is 5.73 Å². The summed E-state index contributed by atoms with van der Waals surface area (Å²) >= 11 is 0. The zero-order valence-electron chi connectivity index (χ0n) is 20.7. The summed E-state index contributed by atoms with van der Waals surface area (Å²) in [5.74, 6) is 1.000. The van der Waals surface area contributed by atoms with Crippen molar-refractivity contribution in [3.05, 3.63) is 88.7 Å². The van der Waals surface area contributed by atoms with Crippen molar-refractivity contribution < 1.29 is 13.2 Å². The number of nitrogens with one attached hydrogen (secondary N) is 2. The maximum absolute atomic E-state index is 12.4. The Morgan fingerprint density at radius 3 is 2.25 bits per heavy atom. The average molecular weight is 506 g/mol. The molecule has 1 aromatic heterocycles. The van der Waals surface area contributed by atoms with E-state index in [-0.39, 0.29) is 4.90 Å². The van der Waals surface area contributed by atoms with E-state index in [0.717, 1.165) is 40.1 Å². The van der Waals surface area contributed by atoms with Crippen LogP contribution in [0.25, 0.3) is 16.7 Å². The van der Waals surface area contributed by atoms with Crippen molar-refractivity contribution in [3.8, 4) is 5.69 Å². The Morgan fingerprint density at radius 2 is 1.61 bits per heavy atom. The first kappa shape index (κ1) is 25.4. The number of aromatic nitrogens is 2. The number of aryl methyl sites for hydroxylation is 3. The molecule has 4 N–H and O–H groups in total. The predicted molar refractivity (Wildman–Crippen MR) is 142 cm³/mol. The van der Waals surface area contributed by atoms with Gasteiger partial charge < -0.3 is 11.1 Å². The highest BCUT2D eigenvalue weighted by Crippen LogP contribution is 2.25. The third-order valence-electron chi connectivity index (χ3n) is 6.25. The molecule has 0 spiro atoms. The molecule has 4 rings (SSSR count). The van der Waals surface area contributed by atoms with Gasteiger partial charge in [-0.25, -0.2) is 22.9 Å². The number of carbonyl (C=O) groups excluding carboxylic acids is 1. The van der Waals surface area contributed by atoms with Gasteiger partial charge in [0.25, 0.3) is 10.0 Å². The molecule has 0 aliphatic carbocycles. The first-order chi connectivity index (χ1) is 17.2. The van der Waals surface area contributed by atoms with E-state index in [4.69, 9.17) is 10.7 Å². The minimum absolute atomic E-state index is 0.00858. The number of sulfonamides is 1. The molecule has 0 atom stereocenters. The number of nitrogens with zero attached hydrogens (tertiary/aromatic N) is 2. The predicted octanol–water partition coefficient (Wildman–Crippen LogP) is 3.89. The van der Waals surface area contributed by atoms with Crippen LogP contribution >= 0.6 is 0 Å². The Hall–Kier alpha value is -3.69. The van der Waals surface area contributed by atoms with Gasteiger partial charge in [-0.05, 0) is 78.9 Å². The molecule has 0 radical (unpaired) electrons. The average Bonchev–Trinajstić information content (AvgIpc) is 3.21. The molecule has 8 nitrogen and oxygen atoms in total. The third kappa shape index (κ3) is 5.42. The number of hydrogen-bond acceptors (Lipinski definition) is 5. The van der Waals surface area contributed by atoms with Crippen LogP contribution in [0.15, 0.2) is 65.6 Å². The van der Waals surface area contributed by atoms with E-state index in [1.54, 1.807) is 12.1 Å². The van der Waals surface area contributed by atoms with Crippen LogP contribution in [0.5, 0.6) is 0 Å². The Morgan fingerprint density at radius 1 is 0.972 bits per heavy atom. The number of urea groups is 1. The van der Waals surface area contributed by atoms with Crippen LogP contribution in [-0.2, 0) is 29.4 Å². The Kier molecular flexibility index (Phi) is 7.42. The second kappa shape index (κ2) is 10.5. The number of imidazole rings is 1. The van der Waals surface area contributed by atoms with Crippen molar-refractivity contribution >= 4 is 27.1 Å². The second-order valence-electron chi connectivity index (χ2n) is 8.77. The Bertz CT molecular complexity index is 1490. The molecule has 3 aromatic carbocycles. The van der Waals surface area contributed by atoms with E-state index < -0.39 is 16.1 Å². The van der Waals surface area contributed by atoms with Gasteiger partial charge in [0.2, 0.25) is 0 Å². The number of carbonyl (C=O) groups is 1. The van der Waals surface area contributed by atoms with Gasteiger partial charge in [-0.3, -0.25) is 4.57 Å². The Labute approximate surface area is 211 Å². The van der Waals surface area contributed by atoms with Gasteiger partial charge in [0, 0.05) is 25.2 Å². The summed E-state index contributed by atoms with van der Waals surface area (Å²) in [7, 11) is -3.95. The molecular weight excluding hydrogens is 474 g/mol. The van der Waals surface area contributed by atoms with Crippen molar-refractivity contribution in [2.75, 3.05) is 6.54 Å². The normalized spacial score (nSPS) is 11.6. The van der Waals surface area contributed by atoms with Gasteiger partial charge in [0.15, 0.2) is 0 Å². The van der Waals surface area contributed by atoms with Crippen LogP contribution in [0, 0.1) is 13.8 Å². The van der Waals surface area contributed by atoms with Gasteiger partial charge in [-0.1, -0.05) is 31.2 Å². The second-order valence-corrected chi connectivity index (χ2v) is 10.5. The molecule has 1 heterocycles. The van der Waals surface area contributed by atoms with E-state index >= 15 is 0 Å². The fraction of sp³-hybridized carbons (Fsp3) is 0.259. The lowest BCUT2D eigenvalue weighted by Gasteiger charge is -2.11. The summed E-state index contributed by atoms with van der Waals surface area (Å²) in [6.45, 7) is 6.90. The van der Waals surface area contributed by atoms with Gasteiger partial charge in [-0.15, -0.1) is 0 Å². The number of rotatable bonds is 8. The maximum Gasteiger partial charge on any atom is 0.328 e. The first-order valence-electron chi connectivity index (χ1n) is 11.9. The van der Waals surface area contributed by atoms with Crippen LogP contribution in [0.1, 0.15) is 35.0 Å². The molecule has 36 heavy (non-hydrogen) atoms. The third-order valence-corrected chi connectivity index (χ3v) is 7.59. The highest BCUT2D eigenvalue weighted by Gasteiger charge is 2.17. The number of amides is 2. The standard InChI is InChI=1S/C27H31N5O3S/c1-4-26-30-24-15-18(2)19(3)16-25(24)32(26)22-9-5-20(6-10-22)13-14-29-27(33)31-36(34,35)23-11-7-21(17-28)8-12-23/h5-12,15-16H,4,13-14,17,28H2,1-3H3,(H2,29,31,33). The summed E-state index contributed by atoms with van der Waals surface area (Å²) in [5.41, 5.74) is 12.9. The van der Waals surface area contributed by atoms with Crippen LogP contribution in [0.2, 0.25) is 0 Å². The minimum atomic E-state index is -3.95. The molecule has 0 aliphatic heterocycles. The number of nitrogens with two attached hydrogens (primary N) is 1. The molecule has 0 saturated carbocycles. The van der Waals surface area contributed by atoms with Crippen LogP contribution in [0.4, 0.5) is 4.79 Å². The van der Waals surface area contributed by atoms with Crippen molar-refractivity contribution in [2.45, 2.75) is 45.1 Å². The number of fused-ring (bicyclic) bond motifs is 1. The fourth-order valence-corrected chi connectivity index (χ4v) is 4.99. The van der Waals surface area contributed by atoms with E-state index in [9.17, 15) is 13.2 Å². The van der Waals surface area contributed by atoms with E-state index in [1.165, 1.54) is 23.3 Å². The van der Waals surface area contributed by atoms with Gasteiger partial charge in [0.1, 0.15) is 5.82 Å². The summed E-state index contributed by atoms with van der Waals surface area (Å²) in [6.07, 6.45) is 1.37. The summed E-state index contributed by atoms with van der Waals surface area (Å²) < 4.78 is 29.0. The Balaban J connectivity index is 1.39. The highest BCUT2D eigenvalue weighted by molar-refractivity contribution is 7.90. The molecule has 188 valence electrons. The lowest BCUT2D eigenvalue weighted by Crippen LogP contribution is -2.40. The summed E-state index contributed by atoms with van der Waals surface area (Å²) in [4.78, 5) is 17.0. The highest BCUT2D eigenvalue weighted by atomic mass is 32.2. The minimum Gasteiger partial charge on any atom is -0.337 e. The van der Waals surface area contributed by atoms with E-state index in [0.29, 0.717) is 19.5 Å². The number of benzene rings is 3. The fourth-order valence-electron chi connectivity index (χ4n) is 4.06. The zero-order valence-corrected chi connectivity index (χ0v) is 21.5. The van der Waals surface area contributed by atoms with Crippen molar-refractivity contribution in [1.82, 2.24) is 19.6 Å². The van der Waals surface area contributed by atoms with Crippen molar-refractivity contribution in [3.63, 3.8) is 0 Å². The van der Waals surface area contributed by atoms with Crippen LogP contribution in [-0.4, -0.2) is 30.5 Å². The quantitative estimate of drug-likeness (QED) is 0.336. The molecular formula is C27H31N5O3S.